The zero-order valence-electron chi connectivity index (χ0n) is 16.4. The van der Waals surface area contributed by atoms with Gasteiger partial charge in [0.2, 0.25) is 5.91 Å². The predicted octanol–water partition coefficient (Wildman–Crippen LogP) is 2.88. The molecule has 0 fully saturated rings. The zero-order valence-corrected chi connectivity index (χ0v) is 16.4. The van der Waals surface area contributed by atoms with E-state index in [4.69, 9.17) is 16.2 Å². The van der Waals surface area contributed by atoms with Gasteiger partial charge in [0.05, 0.1) is 11.3 Å². The molecule has 2 aromatic carbocycles. The number of ether oxygens (including phenoxy) is 1. The highest BCUT2D eigenvalue weighted by molar-refractivity contribution is 5.91. The van der Waals surface area contributed by atoms with Crippen molar-refractivity contribution in [2.75, 3.05) is 6.54 Å². The molecule has 1 amide bonds. The van der Waals surface area contributed by atoms with Crippen LogP contribution in [0.15, 0.2) is 59.6 Å². The number of amides is 1. The molecule has 0 radical (unpaired) electrons. The lowest BCUT2D eigenvalue weighted by molar-refractivity contribution is -0.116. The molecule has 2 rings (SSSR count). The topological polar surface area (TPSA) is 120 Å². The van der Waals surface area contributed by atoms with Gasteiger partial charge in [-0.2, -0.15) is 0 Å². The fourth-order valence-corrected chi connectivity index (χ4v) is 2.40. The second-order valence-corrected chi connectivity index (χ2v) is 6.38. The smallest absolute Gasteiger partial charge is 0.338 e. The van der Waals surface area contributed by atoms with E-state index in [9.17, 15) is 9.59 Å². The monoisotopic (exact) mass is 394 g/mol. The number of nitrogens with one attached hydrogen (secondary N) is 1. The van der Waals surface area contributed by atoms with Gasteiger partial charge in [0.25, 0.3) is 0 Å². The van der Waals surface area contributed by atoms with Gasteiger partial charge in [-0.3, -0.25) is 4.79 Å². The lowest BCUT2D eigenvalue weighted by Crippen LogP contribution is -2.21. The van der Waals surface area contributed by atoms with Crippen LogP contribution in [0, 0.1) is 0 Å². The van der Waals surface area contributed by atoms with E-state index in [0.29, 0.717) is 17.8 Å². The van der Waals surface area contributed by atoms with Gasteiger partial charge < -0.3 is 21.5 Å². The molecule has 0 atom stereocenters. The summed E-state index contributed by atoms with van der Waals surface area (Å²) in [6.07, 6.45) is 5.26. The SMILES string of the molecule is CCCCNC(=O)C=Cc1ccc(COC(=O)c2ccc(N=C(N)N)cc2)cc1. The fourth-order valence-electron chi connectivity index (χ4n) is 2.40. The Balaban J connectivity index is 1.84. The summed E-state index contributed by atoms with van der Waals surface area (Å²) in [4.78, 5) is 27.7. The maximum atomic E-state index is 12.1. The zero-order chi connectivity index (χ0) is 21.1. The van der Waals surface area contributed by atoms with E-state index in [-0.39, 0.29) is 18.5 Å². The minimum absolute atomic E-state index is 0.0456. The highest BCUT2D eigenvalue weighted by Crippen LogP contribution is 2.14. The van der Waals surface area contributed by atoms with Crippen LogP contribution in [-0.4, -0.2) is 24.4 Å². The molecule has 0 spiro atoms. The maximum absolute atomic E-state index is 12.1. The van der Waals surface area contributed by atoms with Crippen molar-refractivity contribution in [1.29, 1.82) is 0 Å². The molecular formula is C22H26N4O3. The van der Waals surface area contributed by atoms with Crippen molar-refractivity contribution in [3.05, 3.63) is 71.3 Å². The van der Waals surface area contributed by atoms with Gasteiger partial charge in [-0.05, 0) is 47.9 Å². The van der Waals surface area contributed by atoms with Gasteiger partial charge in [0.15, 0.2) is 5.96 Å². The largest absolute Gasteiger partial charge is 0.457 e. The molecule has 0 saturated carbocycles. The molecule has 7 heteroatoms. The van der Waals surface area contributed by atoms with Crippen molar-refractivity contribution in [2.45, 2.75) is 26.4 Å². The summed E-state index contributed by atoms with van der Waals surface area (Å²) in [6.45, 7) is 2.91. The number of nitrogens with zero attached hydrogens (tertiary/aromatic N) is 1. The van der Waals surface area contributed by atoms with Crippen LogP contribution >= 0.6 is 0 Å². The van der Waals surface area contributed by atoms with E-state index in [0.717, 1.165) is 24.0 Å². The van der Waals surface area contributed by atoms with Crippen LogP contribution in [0.1, 0.15) is 41.3 Å². The molecule has 0 bridgehead atoms. The Morgan fingerprint density at radius 2 is 1.76 bits per heavy atom. The molecule has 0 saturated heterocycles. The van der Waals surface area contributed by atoms with E-state index in [1.54, 1.807) is 30.3 Å². The average molecular weight is 394 g/mol. The van der Waals surface area contributed by atoms with E-state index in [1.807, 2.05) is 24.3 Å². The summed E-state index contributed by atoms with van der Waals surface area (Å²) in [7, 11) is 0. The fraction of sp³-hybridized carbons (Fsp3) is 0.227. The van der Waals surface area contributed by atoms with Gasteiger partial charge in [-0.25, -0.2) is 9.79 Å². The molecule has 0 aliphatic carbocycles. The maximum Gasteiger partial charge on any atom is 0.338 e. The van der Waals surface area contributed by atoms with Crippen LogP contribution in [0.5, 0.6) is 0 Å². The van der Waals surface area contributed by atoms with Crippen LogP contribution in [0.3, 0.4) is 0 Å². The second kappa shape index (κ2) is 11.3. The molecule has 0 aliphatic heterocycles. The van der Waals surface area contributed by atoms with Crippen molar-refractivity contribution in [3.63, 3.8) is 0 Å². The molecule has 2 aromatic rings. The van der Waals surface area contributed by atoms with E-state index >= 15 is 0 Å². The number of benzene rings is 2. The third-order valence-corrected chi connectivity index (χ3v) is 3.97. The quantitative estimate of drug-likeness (QED) is 0.199. The molecule has 0 unspecified atom stereocenters. The molecular weight excluding hydrogens is 368 g/mol. The third-order valence-electron chi connectivity index (χ3n) is 3.97. The standard InChI is InChI=1S/C22H26N4O3/c1-2-3-14-25-20(27)13-8-16-4-6-17(7-5-16)15-29-21(28)18-9-11-19(12-10-18)26-22(23)24/h4-13H,2-3,14-15H2,1H3,(H,25,27)(H4,23,24,26). The summed E-state index contributed by atoms with van der Waals surface area (Å²) < 4.78 is 5.32. The number of aliphatic imine (C=N–C) groups is 1. The van der Waals surface area contributed by atoms with Crippen molar-refractivity contribution >= 4 is 29.6 Å². The molecule has 5 N–H and O–H groups in total. The first-order valence-corrected chi connectivity index (χ1v) is 9.39. The first-order chi connectivity index (χ1) is 14.0. The third kappa shape index (κ3) is 7.88. The Kier molecular flexibility index (Phi) is 8.44. The number of hydrogen-bond acceptors (Lipinski definition) is 4. The molecule has 152 valence electrons. The molecule has 0 heterocycles. The summed E-state index contributed by atoms with van der Waals surface area (Å²) in [5, 5.41) is 2.82. The number of unbranched alkanes of at least 4 members (excludes halogenated alkanes) is 1. The number of esters is 1. The minimum atomic E-state index is -0.436. The molecule has 0 aliphatic rings. The summed E-state index contributed by atoms with van der Waals surface area (Å²) in [5.41, 5.74) is 13.3. The van der Waals surface area contributed by atoms with E-state index in [2.05, 4.69) is 17.2 Å². The Bertz CT molecular complexity index is 868. The summed E-state index contributed by atoms with van der Waals surface area (Å²) >= 11 is 0. The number of guanidine groups is 1. The first kappa shape index (κ1) is 21.7. The Hall–Kier alpha value is -3.61. The van der Waals surface area contributed by atoms with Gasteiger partial charge >= 0.3 is 5.97 Å². The van der Waals surface area contributed by atoms with Gasteiger partial charge in [0, 0.05) is 12.6 Å². The van der Waals surface area contributed by atoms with Crippen LogP contribution < -0.4 is 16.8 Å². The normalized spacial score (nSPS) is 10.5. The number of carbonyl (C=O) groups is 2. The minimum Gasteiger partial charge on any atom is -0.457 e. The number of carbonyl (C=O) groups excluding carboxylic acids is 2. The van der Waals surface area contributed by atoms with E-state index in [1.165, 1.54) is 6.08 Å². The Morgan fingerprint density at radius 1 is 1.07 bits per heavy atom. The van der Waals surface area contributed by atoms with E-state index < -0.39 is 5.97 Å². The van der Waals surface area contributed by atoms with Crippen molar-refractivity contribution < 1.29 is 14.3 Å². The number of rotatable bonds is 9. The van der Waals surface area contributed by atoms with Crippen molar-refractivity contribution in [2.24, 2.45) is 16.5 Å². The number of nitrogens with two attached hydrogens (primary N) is 2. The van der Waals surface area contributed by atoms with Gasteiger partial charge in [-0.15, -0.1) is 0 Å². The lowest BCUT2D eigenvalue weighted by atomic mass is 10.1. The Morgan fingerprint density at radius 3 is 2.38 bits per heavy atom. The summed E-state index contributed by atoms with van der Waals surface area (Å²) in [6, 6.07) is 13.9. The van der Waals surface area contributed by atoms with Crippen molar-refractivity contribution in [3.8, 4) is 0 Å². The van der Waals surface area contributed by atoms with Crippen LogP contribution in [-0.2, 0) is 16.1 Å². The Labute approximate surface area is 170 Å². The van der Waals surface area contributed by atoms with Gasteiger partial charge in [0.1, 0.15) is 6.61 Å². The molecule has 7 nitrogen and oxygen atoms in total. The van der Waals surface area contributed by atoms with Crippen molar-refractivity contribution in [1.82, 2.24) is 5.32 Å². The highest BCUT2D eigenvalue weighted by atomic mass is 16.5. The summed E-state index contributed by atoms with van der Waals surface area (Å²) in [5.74, 6) is -0.591. The highest BCUT2D eigenvalue weighted by Gasteiger charge is 2.07. The van der Waals surface area contributed by atoms with Crippen LogP contribution in [0.4, 0.5) is 5.69 Å². The number of hydrogen-bond donors (Lipinski definition) is 3. The van der Waals surface area contributed by atoms with Crippen LogP contribution in [0.25, 0.3) is 6.08 Å². The van der Waals surface area contributed by atoms with Crippen LogP contribution in [0.2, 0.25) is 0 Å². The predicted molar refractivity (Wildman–Crippen MR) is 114 cm³/mol. The first-order valence-electron chi connectivity index (χ1n) is 9.39. The molecule has 29 heavy (non-hydrogen) atoms. The van der Waals surface area contributed by atoms with Gasteiger partial charge in [-0.1, -0.05) is 37.6 Å². The second-order valence-electron chi connectivity index (χ2n) is 6.38. The average Bonchev–Trinajstić information content (AvgIpc) is 2.71. The molecule has 0 aromatic heterocycles. The lowest BCUT2D eigenvalue weighted by Gasteiger charge is -2.06.